The van der Waals surface area contributed by atoms with Gasteiger partial charge in [0.1, 0.15) is 11.0 Å². The van der Waals surface area contributed by atoms with E-state index in [0.29, 0.717) is 17.9 Å². The highest BCUT2D eigenvalue weighted by atomic mass is 79.9. The van der Waals surface area contributed by atoms with Gasteiger partial charge in [-0.05, 0) is 34.1 Å². The van der Waals surface area contributed by atoms with Crippen molar-refractivity contribution in [3.63, 3.8) is 0 Å². The van der Waals surface area contributed by atoms with Crippen LogP contribution in [0, 0.1) is 0 Å². The van der Waals surface area contributed by atoms with E-state index in [1.807, 2.05) is 11.4 Å². The molecule has 1 amide bonds. The number of hydrazine groups is 1. The summed E-state index contributed by atoms with van der Waals surface area (Å²) >= 11 is 10.7. The summed E-state index contributed by atoms with van der Waals surface area (Å²) in [6.45, 7) is 0.459. The lowest BCUT2D eigenvalue weighted by atomic mass is 10.2. The van der Waals surface area contributed by atoms with Crippen LogP contribution in [0.4, 0.5) is 5.82 Å². The molecule has 0 aliphatic rings. The summed E-state index contributed by atoms with van der Waals surface area (Å²) in [6, 6.07) is 4.98. The zero-order valence-corrected chi connectivity index (χ0v) is 12.8. The fourth-order valence-corrected chi connectivity index (χ4v) is 3.02. The molecule has 100 valence electrons. The number of nitrogens with one attached hydrogen (secondary N) is 2. The topological polar surface area (TPSA) is 80.0 Å². The number of carbonyl (C=O) groups excluding carboxylic acids is 1. The van der Waals surface area contributed by atoms with Crippen molar-refractivity contribution >= 4 is 50.6 Å². The molecule has 2 aromatic heterocycles. The van der Waals surface area contributed by atoms with E-state index in [9.17, 15) is 4.79 Å². The molecule has 0 atom stereocenters. The summed E-state index contributed by atoms with van der Waals surface area (Å²) in [7, 11) is 0. The number of nitrogens with two attached hydrogens (primary N) is 1. The van der Waals surface area contributed by atoms with Crippen molar-refractivity contribution in [2.45, 2.75) is 6.54 Å². The third-order valence-corrected chi connectivity index (χ3v) is 4.14. The number of anilines is 1. The van der Waals surface area contributed by atoms with E-state index >= 15 is 0 Å². The van der Waals surface area contributed by atoms with Crippen LogP contribution in [0.25, 0.3) is 0 Å². The molecule has 0 aliphatic heterocycles. The molecule has 2 heterocycles. The number of aromatic nitrogens is 1. The lowest BCUT2D eigenvalue weighted by molar-refractivity contribution is 0.0951. The highest BCUT2D eigenvalue weighted by Gasteiger charge is 2.09. The van der Waals surface area contributed by atoms with Gasteiger partial charge in [-0.15, -0.1) is 11.3 Å². The molecule has 0 spiro atoms. The second-order valence-corrected chi connectivity index (χ2v) is 5.92. The lowest BCUT2D eigenvalue weighted by Crippen LogP contribution is -2.23. The van der Waals surface area contributed by atoms with Crippen LogP contribution in [0.1, 0.15) is 15.2 Å². The average molecular weight is 362 g/mol. The SMILES string of the molecule is NNc1cc(C(=O)NCc2cc(Br)cs2)cc(Cl)n1. The fraction of sp³-hybridized carbons (Fsp3) is 0.0909. The number of halogens is 2. The van der Waals surface area contributed by atoms with Crippen LogP contribution in [0.3, 0.4) is 0 Å². The maximum Gasteiger partial charge on any atom is 0.251 e. The summed E-state index contributed by atoms with van der Waals surface area (Å²) < 4.78 is 1.00. The van der Waals surface area contributed by atoms with Crippen molar-refractivity contribution in [3.05, 3.63) is 43.6 Å². The van der Waals surface area contributed by atoms with Gasteiger partial charge in [0.2, 0.25) is 0 Å². The Labute approximate surface area is 127 Å². The Morgan fingerprint density at radius 1 is 1.47 bits per heavy atom. The molecular formula is C11H10BrClN4OS. The molecular weight excluding hydrogens is 352 g/mol. The Kier molecular flexibility index (Phi) is 4.76. The van der Waals surface area contributed by atoms with Crippen LogP contribution < -0.4 is 16.6 Å². The van der Waals surface area contributed by atoms with Crippen molar-refractivity contribution in [3.8, 4) is 0 Å². The summed E-state index contributed by atoms with van der Waals surface area (Å²) in [4.78, 5) is 16.9. The Bertz CT molecular complexity index is 604. The summed E-state index contributed by atoms with van der Waals surface area (Å²) in [5.74, 6) is 5.36. The molecule has 0 aromatic carbocycles. The number of carbonyl (C=O) groups is 1. The number of nitrogen functional groups attached to an aromatic ring is 1. The van der Waals surface area contributed by atoms with Gasteiger partial charge in [-0.2, -0.15) is 0 Å². The fourth-order valence-electron chi connectivity index (χ4n) is 1.42. The third-order valence-electron chi connectivity index (χ3n) is 2.25. The van der Waals surface area contributed by atoms with E-state index in [1.54, 1.807) is 11.3 Å². The second kappa shape index (κ2) is 6.33. The molecule has 0 aliphatic carbocycles. The first-order valence-electron chi connectivity index (χ1n) is 5.24. The summed E-state index contributed by atoms with van der Waals surface area (Å²) in [5, 5.41) is 4.97. The quantitative estimate of drug-likeness (QED) is 0.444. The molecule has 2 rings (SSSR count). The molecule has 0 radical (unpaired) electrons. The van der Waals surface area contributed by atoms with E-state index < -0.39 is 0 Å². The van der Waals surface area contributed by atoms with E-state index in [4.69, 9.17) is 17.4 Å². The largest absolute Gasteiger partial charge is 0.347 e. The number of pyridine rings is 1. The zero-order chi connectivity index (χ0) is 13.8. The smallest absolute Gasteiger partial charge is 0.251 e. The monoisotopic (exact) mass is 360 g/mol. The van der Waals surface area contributed by atoms with Gasteiger partial charge in [-0.25, -0.2) is 10.8 Å². The van der Waals surface area contributed by atoms with Crippen LogP contribution in [-0.2, 0) is 6.54 Å². The van der Waals surface area contributed by atoms with E-state index in [1.165, 1.54) is 12.1 Å². The third kappa shape index (κ3) is 3.90. The van der Waals surface area contributed by atoms with Gasteiger partial charge >= 0.3 is 0 Å². The standard InChI is InChI=1S/C11H10BrClN4OS/c12-7-3-8(19-5-7)4-15-11(18)6-1-9(13)16-10(2-6)17-14/h1-3,5H,4,14H2,(H,15,18)(H,16,17). The molecule has 19 heavy (non-hydrogen) atoms. The number of hydrogen-bond acceptors (Lipinski definition) is 5. The van der Waals surface area contributed by atoms with Crippen molar-refractivity contribution in [1.82, 2.24) is 10.3 Å². The van der Waals surface area contributed by atoms with Crippen molar-refractivity contribution in [2.24, 2.45) is 5.84 Å². The van der Waals surface area contributed by atoms with Crippen LogP contribution >= 0.6 is 38.9 Å². The number of amides is 1. The predicted octanol–water partition coefficient (Wildman–Crippen LogP) is 2.77. The first-order chi connectivity index (χ1) is 9.08. The van der Waals surface area contributed by atoms with E-state index in [0.717, 1.165) is 9.35 Å². The highest BCUT2D eigenvalue weighted by molar-refractivity contribution is 9.10. The molecule has 4 N–H and O–H groups in total. The molecule has 0 saturated heterocycles. The normalized spacial score (nSPS) is 10.3. The maximum absolute atomic E-state index is 12.0. The Morgan fingerprint density at radius 3 is 2.89 bits per heavy atom. The summed E-state index contributed by atoms with van der Waals surface area (Å²) in [5.41, 5.74) is 2.77. The van der Waals surface area contributed by atoms with Crippen LogP contribution in [0.2, 0.25) is 5.15 Å². The van der Waals surface area contributed by atoms with Gasteiger partial charge < -0.3 is 10.7 Å². The van der Waals surface area contributed by atoms with Gasteiger partial charge in [0.15, 0.2) is 0 Å². The molecule has 2 aromatic rings. The Morgan fingerprint density at radius 2 is 2.26 bits per heavy atom. The van der Waals surface area contributed by atoms with E-state index in [-0.39, 0.29) is 11.1 Å². The minimum atomic E-state index is -0.231. The second-order valence-electron chi connectivity index (χ2n) is 3.62. The summed E-state index contributed by atoms with van der Waals surface area (Å²) in [6.07, 6.45) is 0. The van der Waals surface area contributed by atoms with Crippen LogP contribution in [0.5, 0.6) is 0 Å². The minimum absolute atomic E-state index is 0.208. The zero-order valence-electron chi connectivity index (χ0n) is 9.61. The highest BCUT2D eigenvalue weighted by Crippen LogP contribution is 2.19. The first kappa shape index (κ1) is 14.3. The number of hydrogen-bond donors (Lipinski definition) is 3. The predicted molar refractivity (Wildman–Crippen MR) is 80.2 cm³/mol. The van der Waals surface area contributed by atoms with E-state index in [2.05, 4.69) is 31.7 Å². The van der Waals surface area contributed by atoms with Crippen LogP contribution in [0.15, 0.2) is 28.1 Å². The first-order valence-corrected chi connectivity index (χ1v) is 7.29. The Hall–Kier alpha value is -1.15. The van der Waals surface area contributed by atoms with Crippen molar-refractivity contribution in [1.29, 1.82) is 0 Å². The molecule has 8 heteroatoms. The van der Waals surface area contributed by atoms with Gasteiger partial charge in [0.25, 0.3) is 5.91 Å². The lowest BCUT2D eigenvalue weighted by Gasteiger charge is -2.06. The van der Waals surface area contributed by atoms with Crippen molar-refractivity contribution < 1.29 is 4.79 Å². The number of thiophene rings is 1. The van der Waals surface area contributed by atoms with Crippen LogP contribution in [-0.4, -0.2) is 10.9 Å². The minimum Gasteiger partial charge on any atom is -0.347 e. The Balaban J connectivity index is 2.05. The van der Waals surface area contributed by atoms with Crippen molar-refractivity contribution in [2.75, 3.05) is 5.43 Å². The molecule has 5 nitrogen and oxygen atoms in total. The molecule has 0 bridgehead atoms. The number of rotatable bonds is 4. The molecule has 0 unspecified atom stereocenters. The molecule has 0 saturated carbocycles. The van der Waals surface area contributed by atoms with Gasteiger partial charge in [-0.1, -0.05) is 11.6 Å². The molecule has 0 fully saturated rings. The number of nitrogens with zero attached hydrogens (tertiary/aromatic N) is 1. The van der Waals surface area contributed by atoms with Gasteiger partial charge in [-0.3, -0.25) is 4.79 Å². The van der Waals surface area contributed by atoms with Gasteiger partial charge in [0.05, 0.1) is 6.54 Å². The average Bonchev–Trinajstić information content (AvgIpc) is 2.81. The maximum atomic E-state index is 12.0. The van der Waals surface area contributed by atoms with Gasteiger partial charge in [0, 0.05) is 20.3 Å².